The minimum absolute atomic E-state index is 0.00939. The molecule has 1 heterocycles. The number of nitrogens with zero attached hydrogens (tertiary/aromatic N) is 1. The van der Waals surface area contributed by atoms with Gasteiger partial charge in [0, 0.05) is 31.1 Å². The Balaban J connectivity index is 2.04. The number of benzene rings is 1. The van der Waals surface area contributed by atoms with Gasteiger partial charge in [-0.1, -0.05) is 0 Å². The van der Waals surface area contributed by atoms with Crippen LogP contribution in [-0.2, 0) is 20.7 Å². The highest BCUT2D eigenvalue weighted by molar-refractivity contribution is 5.99. The van der Waals surface area contributed by atoms with Gasteiger partial charge in [0.25, 0.3) is 0 Å². The van der Waals surface area contributed by atoms with Gasteiger partial charge in [-0.15, -0.1) is 0 Å². The number of ether oxygens (including phenoxy) is 1. The van der Waals surface area contributed by atoms with E-state index in [0.717, 1.165) is 17.7 Å². The third-order valence-electron chi connectivity index (χ3n) is 3.54. The first-order valence-corrected chi connectivity index (χ1v) is 7.12. The van der Waals surface area contributed by atoms with Crippen molar-refractivity contribution in [2.45, 2.75) is 33.1 Å². The SMILES string of the molecule is CCOC(=O)CCC(=O)c1ccc2c(c1)CCN2C(C)=O. The number of carbonyl (C=O) groups excluding carboxylic acids is 3. The van der Waals surface area contributed by atoms with Crippen LogP contribution < -0.4 is 4.90 Å². The Kier molecular flexibility index (Phi) is 4.73. The maximum Gasteiger partial charge on any atom is 0.306 e. The van der Waals surface area contributed by atoms with Crippen LogP contribution in [0, 0.1) is 0 Å². The van der Waals surface area contributed by atoms with E-state index in [2.05, 4.69) is 0 Å². The molecule has 112 valence electrons. The molecule has 1 aromatic carbocycles. The number of fused-ring (bicyclic) bond motifs is 1. The van der Waals surface area contributed by atoms with E-state index in [9.17, 15) is 14.4 Å². The number of ketones is 1. The molecule has 0 aromatic heterocycles. The molecule has 1 aliphatic rings. The molecule has 0 bridgehead atoms. The number of hydrogen-bond donors (Lipinski definition) is 0. The Hall–Kier alpha value is -2.17. The Morgan fingerprint density at radius 1 is 1.24 bits per heavy atom. The Morgan fingerprint density at radius 2 is 2.00 bits per heavy atom. The molecule has 0 atom stereocenters. The number of amides is 1. The van der Waals surface area contributed by atoms with E-state index in [1.165, 1.54) is 6.92 Å². The molecule has 0 radical (unpaired) electrons. The quantitative estimate of drug-likeness (QED) is 0.615. The van der Waals surface area contributed by atoms with Gasteiger partial charge in [-0.25, -0.2) is 0 Å². The van der Waals surface area contributed by atoms with Crippen molar-refractivity contribution in [2.24, 2.45) is 0 Å². The zero-order valence-corrected chi connectivity index (χ0v) is 12.3. The molecule has 21 heavy (non-hydrogen) atoms. The third-order valence-corrected chi connectivity index (χ3v) is 3.54. The molecule has 0 N–H and O–H groups in total. The van der Waals surface area contributed by atoms with Crippen molar-refractivity contribution in [3.05, 3.63) is 29.3 Å². The lowest BCUT2D eigenvalue weighted by Crippen LogP contribution is -2.25. The van der Waals surface area contributed by atoms with Gasteiger partial charge in [0.2, 0.25) is 5.91 Å². The number of hydrogen-bond acceptors (Lipinski definition) is 4. The fourth-order valence-electron chi connectivity index (χ4n) is 2.50. The summed E-state index contributed by atoms with van der Waals surface area (Å²) < 4.78 is 4.81. The van der Waals surface area contributed by atoms with Crippen molar-refractivity contribution in [1.82, 2.24) is 0 Å². The molecule has 0 saturated carbocycles. The number of rotatable bonds is 5. The smallest absolute Gasteiger partial charge is 0.306 e. The van der Waals surface area contributed by atoms with Crippen LogP contribution in [-0.4, -0.2) is 30.8 Å². The number of carbonyl (C=O) groups is 3. The lowest BCUT2D eigenvalue weighted by atomic mass is 10.0. The summed E-state index contributed by atoms with van der Waals surface area (Å²) in [7, 11) is 0. The van der Waals surface area contributed by atoms with E-state index in [0.29, 0.717) is 18.7 Å². The van der Waals surface area contributed by atoms with Crippen molar-refractivity contribution in [1.29, 1.82) is 0 Å². The summed E-state index contributed by atoms with van der Waals surface area (Å²) in [4.78, 5) is 36.5. The Morgan fingerprint density at radius 3 is 2.67 bits per heavy atom. The minimum atomic E-state index is -0.352. The standard InChI is InChI=1S/C16H19NO4/c1-3-21-16(20)7-6-15(19)13-4-5-14-12(10-13)8-9-17(14)11(2)18/h4-5,10H,3,6-9H2,1-2H3. The lowest BCUT2D eigenvalue weighted by molar-refractivity contribution is -0.143. The Labute approximate surface area is 123 Å². The van der Waals surface area contributed by atoms with Crippen LogP contribution in [0.4, 0.5) is 5.69 Å². The topological polar surface area (TPSA) is 63.7 Å². The average Bonchev–Trinajstić information content (AvgIpc) is 2.88. The zero-order chi connectivity index (χ0) is 15.4. The van der Waals surface area contributed by atoms with Crippen molar-refractivity contribution in [3.8, 4) is 0 Å². The van der Waals surface area contributed by atoms with E-state index in [1.807, 2.05) is 6.07 Å². The van der Waals surface area contributed by atoms with E-state index in [1.54, 1.807) is 24.0 Å². The molecule has 5 heteroatoms. The second-order valence-corrected chi connectivity index (χ2v) is 4.99. The predicted octanol–water partition coefficient (Wildman–Crippen LogP) is 2.12. The maximum absolute atomic E-state index is 12.1. The van der Waals surface area contributed by atoms with Crippen molar-refractivity contribution in [2.75, 3.05) is 18.1 Å². The van der Waals surface area contributed by atoms with Crippen LogP contribution in [0.15, 0.2) is 18.2 Å². The zero-order valence-electron chi connectivity index (χ0n) is 12.3. The number of anilines is 1. The molecular formula is C16H19NO4. The van der Waals surface area contributed by atoms with Crippen molar-refractivity contribution >= 4 is 23.3 Å². The van der Waals surface area contributed by atoms with Crippen LogP contribution in [0.3, 0.4) is 0 Å². The third kappa shape index (κ3) is 3.48. The van der Waals surface area contributed by atoms with E-state index in [4.69, 9.17) is 4.74 Å². The second kappa shape index (κ2) is 6.52. The summed E-state index contributed by atoms with van der Waals surface area (Å²) in [6.07, 6.45) is 1.01. The summed E-state index contributed by atoms with van der Waals surface area (Å²) in [5, 5.41) is 0. The second-order valence-electron chi connectivity index (χ2n) is 4.99. The first kappa shape index (κ1) is 15.2. The van der Waals surface area contributed by atoms with Crippen LogP contribution >= 0.6 is 0 Å². The van der Waals surface area contributed by atoms with E-state index in [-0.39, 0.29) is 30.5 Å². The van der Waals surface area contributed by atoms with Crippen LogP contribution in [0.5, 0.6) is 0 Å². The normalized spacial score (nSPS) is 13.0. The van der Waals surface area contributed by atoms with Gasteiger partial charge in [0.15, 0.2) is 5.78 Å². The van der Waals surface area contributed by atoms with Gasteiger partial charge in [0.1, 0.15) is 0 Å². The summed E-state index contributed by atoms with van der Waals surface area (Å²) in [6, 6.07) is 5.35. The molecule has 2 rings (SSSR count). The molecular weight excluding hydrogens is 270 g/mol. The molecule has 0 fully saturated rings. The van der Waals surface area contributed by atoms with Gasteiger partial charge in [-0.2, -0.15) is 0 Å². The first-order valence-electron chi connectivity index (χ1n) is 7.12. The van der Waals surface area contributed by atoms with Crippen LogP contribution in [0.25, 0.3) is 0 Å². The summed E-state index contributed by atoms with van der Waals surface area (Å²) in [5.41, 5.74) is 2.47. The van der Waals surface area contributed by atoms with E-state index < -0.39 is 0 Å². The molecule has 0 saturated heterocycles. The van der Waals surface area contributed by atoms with Gasteiger partial charge in [-0.3, -0.25) is 14.4 Å². The molecule has 0 spiro atoms. The highest BCUT2D eigenvalue weighted by atomic mass is 16.5. The fourth-order valence-corrected chi connectivity index (χ4v) is 2.50. The lowest BCUT2D eigenvalue weighted by Gasteiger charge is -2.14. The van der Waals surface area contributed by atoms with Gasteiger partial charge < -0.3 is 9.64 Å². The molecule has 1 amide bonds. The van der Waals surface area contributed by atoms with Crippen molar-refractivity contribution < 1.29 is 19.1 Å². The summed E-state index contributed by atoms with van der Waals surface area (Å²) >= 11 is 0. The van der Waals surface area contributed by atoms with Crippen LogP contribution in [0.1, 0.15) is 42.6 Å². The molecule has 1 aliphatic heterocycles. The van der Waals surface area contributed by atoms with E-state index >= 15 is 0 Å². The van der Waals surface area contributed by atoms with Gasteiger partial charge >= 0.3 is 5.97 Å². The van der Waals surface area contributed by atoms with Gasteiger partial charge in [-0.05, 0) is 37.1 Å². The molecule has 0 aliphatic carbocycles. The summed E-state index contributed by atoms with van der Waals surface area (Å²) in [5.74, 6) is -0.419. The number of esters is 1. The average molecular weight is 289 g/mol. The molecule has 1 aromatic rings. The Bertz CT molecular complexity index is 580. The largest absolute Gasteiger partial charge is 0.466 e. The van der Waals surface area contributed by atoms with Gasteiger partial charge in [0.05, 0.1) is 13.0 Å². The first-order chi connectivity index (χ1) is 10.0. The highest BCUT2D eigenvalue weighted by Crippen LogP contribution is 2.29. The molecule has 5 nitrogen and oxygen atoms in total. The number of Topliss-reactive ketones (excluding diaryl/α,β-unsaturated/α-hetero) is 1. The predicted molar refractivity (Wildman–Crippen MR) is 78.4 cm³/mol. The fraction of sp³-hybridized carbons (Fsp3) is 0.438. The van der Waals surface area contributed by atoms with Crippen molar-refractivity contribution in [3.63, 3.8) is 0 Å². The monoisotopic (exact) mass is 289 g/mol. The highest BCUT2D eigenvalue weighted by Gasteiger charge is 2.23. The maximum atomic E-state index is 12.1. The molecule has 0 unspecified atom stereocenters. The minimum Gasteiger partial charge on any atom is -0.466 e. The van der Waals surface area contributed by atoms with Crippen LogP contribution in [0.2, 0.25) is 0 Å². The summed E-state index contributed by atoms with van der Waals surface area (Å²) in [6.45, 7) is 4.26.